The van der Waals surface area contributed by atoms with Gasteiger partial charge < -0.3 is 15.2 Å². The van der Waals surface area contributed by atoms with Crippen molar-refractivity contribution < 1.29 is 14.6 Å². The third-order valence-corrected chi connectivity index (χ3v) is 8.36. The first-order valence-electron chi connectivity index (χ1n) is 11.7. The van der Waals surface area contributed by atoms with Crippen LogP contribution in [0.5, 0.6) is 5.75 Å². The molecule has 3 aromatic carbocycles. The fourth-order valence-electron chi connectivity index (χ4n) is 3.86. The maximum Gasteiger partial charge on any atom is 0.407 e. The second-order valence-electron chi connectivity index (χ2n) is 8.63. The van der Waals surface area contributed by atoms with Crippen LogP contribution in [0, 0.1) is 0 Å². The number of nitrogens with one attached hydrogen (secondary N) is 1. The number of phenolic OH excluding ortho intramolecular Hbond substituents is 1. The van der Waals surface area contributed by atoms with Crippen molar-refractivity contribution in [2.75, 3.05) is 0 Å². The van der Waals surface area contributed by atoms with E-state index in [0.29, 0.717) is 26.4 Å². The Bertz CT molecular complexity index is 1840. The van der Waals surface area contributed by atoms with E-state index in [2.05, 4.69) is 42.2 Å². The molecule has 1 amide bonds. The SMILES string of the molecule is O=C(NCc1ccc(Cn2c(=O)sn(-c3ccc(Cl)cc3)c2=O)cc1)OCc1ccc2c(Br)cc(Br)c(O)c2n1. The number of phenols is 1. The lowest BCUT2D eigenvalue weighted by Crippen LogP contribution is -2.28. The number of pyridine rings is 1. The zero-order valence-electron chi connectivity index (χ0n) is 20.4. The summed E-state index contributed by atoms with van der Waals surface area (Å²) in [4.78, 5) is 41.6. The topological polar surface area (TPSA) is 115 Å². The van der Waals surface area contributed by atoms with Crippen LogP contribution in [-0.2, 0) is 24.4 Å². The largest absolute Gasteiger partial charge is 0.505 e. The van der Waals surface area contributed by atoms with E-state index in [1.807, 2.05) is 0 Å². The highest BCUT2D eigenvalue weighted by Crippen LogP contribution is 2.36. The average molecular weight is 707 g/mol. The molecule has 9 nitrogen and oxygen atoms in total. The standard InChI is InChI=1S/C27H19Br2ClN4O5S/c28-21-11-22(29)24(35)23-20(21)10-7-18(32-23)14-39-25(36)31-12-15-1-3-16(4-2-15)13-33-26(37)34(40-27(33)38)19-8-5-17(30)6-9-19/h1-11,35H,12-14H2,(H,31,36). The molecule has 0 spiro atoms. The summed E-state index contributed by atoms with van der Waals surface area (Å²) in [6.07, 6.45) is -0.627. The third kappa shape index (κ3) is 6.15. The van der Waals surface area contributed by atoms with Gasteiger partial charge in [-0.25, -0.2) is 23.1 Å². The van der Waals surface area contributed by atoms with Gasteiger partial charge in [0.1, 0.15) is 12.1 Å². The highest BCUT2D eigenvalue weighted by molar-refractivity contribution is 9.11. The van der Waals surface area contributed by atoms with Crippen molar-refractivity contribution in [2.45, 2.75) is 19.7 Å². The molecule has 0 aliphatic rings. The van der Waals surface area contributed by atoms with Crippen molar-refractivity contribution in [2.24, 2.45) is 0 Å². The Morgan fingerprint density at radius 2 is 1.70 bits per heavy atom. The molecule has 40 heavy (non-hydrogen) atoms. The minimum atomic E-state index is -0.627. The van der Waals surface area contributed by atoms with E-state index in [9.17, 15) is 19.5 Å². The summed E-state index contributed by atoms with van der Waals surface area (Å²) in [5.74, 6) is 0.00375. The zero-order valence-corrected chi connectivity index (χ0v) is 25.2. The first-order chi connectivity index (χ1) is 19.2. The van der Waals surface area contributed by atoms with Gasteiger partial charge in [-0.15, -0.1) is 0 Å². The second kappa shape index (κ2) is 12.0. The Balaban J connectivity index is 1.17. The summed E-state index contributed by atoms with van der Waals surface area (Å²) in [7, 11) is 0. The van der Waals surface area contributed by atoms with Crippen LogP contribution in [0.1, 0.15) is 16.8 Å². The molecule has 0 fully saturated rings. The van der Waals surface area contributed by atoms with Crippen LogP contribution in [0.3, 0.4) is 0 Å². The van der Waals surface area contributed by atoms with Crippen molar-refractivity contribution in [3.63, 3.8) is 0 Å². The molecule has 0 aliphatic heterocycles. The van der Waals surface area contributed by atoms with Gasteiger partial charge in [0.25, 0.3) is 0 Å². The van der Waals surface area contributed by atoms with E-state index in [0.717, 1.165) is 32.5 Å². The van der Waals surface area contributed by atoms with Gasteiger partial charge in [-0.05, 0) is 69.5 Å². The summed E-state index contributed by atoms with van der Waals surface area (Å²) in [6.45, 7) is 0.256. The van der Waals surface area contributed by atoms with Crippen molar-refractivity contribution in [1.82, 2.24) is 18.8 Å². The summed E-state index contributed by atoms with van der Waals surface area (Å²) >= 11 is 13.5. The lowest BCUT2D eigenvalue weighted by molar-refractivity contribution is 0.138. The average Bonchev–Trinajstić information content (AvgIpc) is 3.23. The van der Waals surface area contributed by atoms with Crippen LogP contribution in [0.25, 0.3) is 16.6 Å². The molecule has 2 N–H and O–H groups in total. The van der Waals surface area contributed by atoms with Crippen molar-refractivity contribution in [3.05, 3.63) is 118 Å². The number of nitrogens with zero attached hydrogens (tertiary/aromatic N) is 3. The van der Waals surface area contributed by atoms with E-state index >= 15 is 0 Å². The molecule has 0 unspecified atom stereocenters. The van der Waals surface area contributed by atoms with Crippen molar-refractivity contribution >= 4 is 72.0 Å². The predicted molar refractivity (Wildman–Crippen MR) is 161 cm³/mol. The maximum absolute atomic E-state index is 12.8. The second-order valence-corrected chi connectivity index (χ2v) is 11.7. The van der Waals surface area contributed by atoms with Crippen LogP contribution in [-0.4, -0.2) is 24.7 Å². The summed E-state index contributed by atoms with van der Waals surface area (Å²) in [5, 5.41) is 14.2. The van der Waals surface area contributed by atoms with Gasteiger partial charge >= 0.3 is 16.7 Å². The quantitative estimate of drug-likeness (QED) is 0.216. The molecule has 0 saturated carbocycles. The van der Waals surface area contributed by atoms with Crippen LogP contribution < -0.4 is 15.9 Å². The number of alkyl carbamates (subject to hydrolysis) is 1. The predicted octanol–water partition coefficient (Wildman–Crippen LogP) is 5.97. The maximum atomic E-state index is 12.8. The number of aromatic nitrogens is 3. The number of ether oxygens (including phenoxy) is 1. The van der Waals surface area contributed by atoms with Gasteiger partial charge in [0.15, 0.2) is 5.75 Å². The highest BCUT2D eigenvalue weighted by atomic mass is 79.9. The number of aromatic hydroxyl groups is 1. The Morgan fingerprint density at radius 3 is 2.42 bits per heavy atom. The molecule has 204 valence electrons. The highest BCUT2D eigenvalue weighted by Gasteiger charge is 2.14. The molecule has 0 aliphatic carbocycles. The van der Waals surface area contributed by atoms with E-state index in [4.69, 9.17) is 16.3 Å². The molecular weight excluding hydrogens is 688 g/mol. The number of carbonyl (C=O) groups is 1. The zero-order chi connectivity index (χ0) is 28.4. The number of fused-ring (bicyclic) bond motifs is 1. The minimum absolute atomic E-state index is 0.00375. The molecule has 5 rings (SSSR count). The van der Waals surface area contributed by atoms with Crippen molar-refractivity contribution in [1.29, 1.82) is 0 Å². The number of amides is 1. The fraction of sp³-hybridized carbons (Fsp3) is 0.111. The molecule has 2 heterocycles. The number of hydrogen-bond acceptors (Lipinski definition) is 7. The van der Waals surface area contributed by atoms with Gasteiger partial charge in [-0.2, -0.15) is 0 Å². The van der Waals surface area contributed by atoms with Gasteiger partial charge in [0, 0.05) is 33.0 Å². The molecule has 0 atom stereocenters. The summed E-state index contributed by atoms with van der Waals surface area (Å²) in [5.41, 5.74) is 2.57. The Hall–Kier alpha value is -3.45. The molecule has 2 aromatic heterocycles. The lowest BCUT2D eigenvalue weighted by atomic mass is 10.1. The Labute approximate surface area is 253 Å². The Kier molecular flexibility index (Phi) is 8.40. The number of benzene rings is 3. The smallest absolute Gasteiger partial charge is 0.407 e. The van der Waals surface area contributed by atoms with Gasteiger partial charge in [0.05, 0.1) is 22.4 Å². The fourth-order valence-corrected chi connectivity index (χ4v) is 6.06. The van der Waals surface area contributed by atoms with Gasteiger partial charge in [-0.1, -0.05) is 51.8 Å². The van der Waals surface area contributed by atoms with Crippen LogP contribution >= 0.6 is 55.0 Å². The minimum Gasteiger partial charge on any atom is -0.505 e. The first kappa shape index (κ1) is 28.1. The summed E-state index contributed by atoms with van der Waals surface area (Å²) < 4.78 is 9.04. The van der Waals surface area contributed by atoms with Gasteiger partial charge in [-0.3, -0.25) is 4.79 Å². The number of halogens is 3. The van der Waals surface area contributed by atoms with E-state index in [1.165, 1.54) is 8.52 Å². The van der Waals surface area contributed by atoms with Crippen LogP contribution in [0.2, 0.25) is 5.02 Å². The monoisotopic (exact) mass is 704 g/mol. The third-order valence-electron chi connectivity index (χ3n) is 5.92. The number of hydrogen-bond donors (Lipinski definition) is 2. The van der Waals surface area contributed by atoms with Crippen molar-refractivity contribution in [3.8, 4) is 11.4 Å². The molecule has 13 heteroatoms. The Morgan fingerprint density at radius 1 is 1.00 bits per heavy atom. The summed E-state index contributed by atoms with van der Waals surface area (Å²) in [6, 6.07) is 19.1. The first-order valence-corrected chi connectivity index (χ1v) is 14.5. The molecule has 0 saturated heterocycles. The number of carbonyl (C=O) groups excluding carboxylic acids is 1. The number of rotatable bonds is 7. The van der Waals surface area contributed by atoms with Crippen LogP contribution in [0.4, 0.5) is 4.79 Å². The molecular formula is C27H19Br2ClN4O5S. The lowest BCUT2D eigenvalue weighted by Gasteiger charge is -2.10. The molecule has 0 radical (unpaired) electrons. The normalized spacial score (nSPS) is 11.1. The van der Waals surface area contributed by atoms with E-state index in [1.54, 1.807) is 66.7 Å². The molecule has 0 bridgehead atoms. The molecule has 5 aromatic rings. The van der Waals surface area contributed by atoms with Gasteiger partial charge in [0.2, 0.25) is 0 Å². The van der Waals surface area contributed by atoms with Crippen LogP contribution in [0.15, 0.2) is 85.3 Å². The van der Waals surface area contributed by atoms with E-state index < -0.39 is 11.8 Å². The van der Waals surface area contributed by atoms with E-state index in [-0.39, 0.29) is 30.3 Å².